The van der Waals surface area contributed by atoms with Gasteiger partial charge in [0.05, 0.1) is 12.7 Å². The van der Waals surface area contributed by atoms with E-state index in [0.717, 1.165) is 32.1 Å². The minimum absolute atomic E-state index is 0.0509. The van der Waals surface area contributed by atoms with Crippen LogP contribution < -0.4 is 0 Å². The number of esters is 1. The molecule has 5 nitrogen and oxygen atoms in total. The molecule has 0 amide bonds. The van der Waals surface area contributed by atoms with Crippen LogP contribution in [0.2, 0.25) is 0 Å². The predicted octanol–water partition coefficient (Wildman–Crippen LogP) is 4.33. The van der Waals surface area contributed by atoms with Crippen LogP contribution in [0.1, 0.15) is 51.9 Å². The van der Waals surface area contributed by atoms with Crippen LogP contribution in [0.3, 0.4) is 0 Å². The molecule has 1 unspecified atom stereocenters. The van der Waals surface area contributed by atoms with E-state index in [1.54, 1.807) is 12.2 Å². The fraction of sp³-hybridized carbons (Fsp3) is 0.480. The van der Waals surface area contributed by atoms with Gasteiger partial charge in [0.15, 0.2) is 0 Å². The van der Waals surface area contributed by atoms with Gasteiger partial charge in [-0.3, -0.25) is 4.79 Å². The van der Waals surface area contributed by atoms with Crippen LogP contribution in [0.25, 0.3) is 0 Å². The Balaban J connectivity index is 3.76. The van der Waals surface area contributed by atoms with E-state index in [1.807, 2.05) is 12.2 Å². The first-order chi connectivity index (χ1) is 14.6. The van der Waals surface area contributed by atoms with Crippen LogP contribution in [0.5, 0.6) is 0 Å². The highest BCUT2D eigenvalue weighted by Crippen LogP contribution is 2.02. The first-order valence-corrected chi connectivity index (χ1v) is 10.7. The zero-order valence-corrected chi connectivity index (χ0v) is 18.1. The third-order valence-corrected chi connectivity index (χ3v) is 3.86. The van der Waals surface area contributed by atoms with E-state index < -0.39 is 24.8 Å². The SMILES string of the molecule is CC/C=C\C/C=C\C/C=C\C/C=C\C/C=C\C=C/C(O)CCC(=O)OC[C@@H](O)CO. The van der Waals surface area contributed by atoms with Crippen LogP contribution in [-0.2, 0) is 9.53 Å². The molecule has 0 saturated carbocycles. The Morgan fingerprint density at radius 1 is 0.833 bits per heavy atom. The lowest BCUT2D eigenvalue weighted by molar-refractivity contribution is -0.147. The van der Waals surface area contributed by atoms with E-state index in [9.17, 15) is 9.90 Å². The van der Waals surface area contributed by atoms with Crippen molar-refractivity contribution in [1.29, 1.82) is 0 Å². The molecular weight excluding hydrogens is 380 g/mol. The summed E-state index contributed by atoms with van der Waals surface area (Å²) >= 11 is 0. The minimum atomic E-state index is -1.06. The number of aliphatic hydroxyl groups is 3. The van der Waals surface area contributed by atoms with Crippen molar-refractivity contribution in [2.24, 2.45) is 0 Å². The summed E-state index contributed by atoms with van der Waals surface area (Å²) in [7, 11) is 0. The van der Waals surface area contributed by atoms with Crippen molar-refractivity contribution in [3.63, 3.8) is 0 Å². The van der Waals surface area contributed by atoms with E-state index in [4.69, 9.17) is 14.9 Å². The van der Waals surface area contributed by atoms with Crippen LogP contribution >= 0.6 is 0 Å². The molecule has 0 aromatic carbocycles. The summed E-state index contributed by atoms with van der Waals surface area (Å²) in [6, 6.07) is 0. The number of hydrogen-bond acceptors (Lipinski definition) is 5. The topological polar surface area (TPSA) is 87.0 Å². The van der Waals surface area contributed by atoms with Gasteiger partial charge in [0.2, 0.25) is 0 Å². The maximum atomic E-state index is 11.4. The number of aliphatic hydroxyl groups excluding tert-OH is 3. The molecule has 2 atom stereocenters. The summed E-state index contributed by atoms with van der Waals surface area (Å²) in [4.78, 5) is 11.4. The fourth-order valence-electron chi connectivity index (χ4n) is 2.18. The van der Waals surface area contributed by atoms with E-state index >= 15 is 0 Å². The van der Waals surface area contributed by atoms with Crippen molar-refractivity contribution in [3.8, 4) is 0 Å². The smallest absolute Gasteiger partial charge is 0.305 e. The summed E-state index contributed by atoms with van der Waals surface area (Å²) in [5.41, 5.74) is 0. The zero-order chi connectivity index (χ0) is 22.3. The highest BCUT2D eigenvalue weighted by molar-refractivity contribution is 5.69. The Hall–Kier alpha value is -2.21. The molecular formula is C25H38O5. The Kier molecular flexibility index (Phi) is 19.9. The highest BCUT2D eigenvalue weighted by atomic mass is 16.5. The van der Waals surface area contributed by atoms with E-state index in [2.05, 4.69) is 55.5 Å². The summed E-state index contributed by atoms with van der Waals surface area (Å²) in [6.45, 7) is 1.45. The third kappa shape index (κ3) is 20.5. The quantitative estimate of drug-likeness (QED) is 0.186. The van der Waals surface area contributed by atoms with Crippen LogP contribution in [0, 0.1) is 0 Å². The Morgan fingerprint density at radius 3 is 1.90 bits per heavy atom. The van der Waals surface area contributed by atoms with E-state index in [-0.39, 0.29) is 19.4 Å². The van der Waals surface area contributed by atoms with Gasteiger partial charge in [0.25, 0.3) is 0 Å². The monoisotopic (exact) mass is 418 g/mol. The molecule has 5 heteroatoms. The summed E-state index contributed by atoms with van der Waals surface area (Å²) in [5.74, 6) is -0.509. The number of carbonyl (C=O) groups excluding carboxylic acids is 1. The number of carbonyl (C=O) groups is 1. The molecule has 0 aliphatic rings. The minimum Gasteiger partial charge on any atom is -0.463 e. The van der Waals surface area contributed by atoms with Crippen molar-refractivity contribution < 1.29 is 24.9 Å². The first kappa shape index (κ1) is 27.8. The van der Waals surface area contributed by atoms with E-state index in [0.29, 0.717) is 0 Å². The molecule has 0 aliphatic carbocycles. The van der Waals surface area contributed by atoms with Crippen LogP contribution in [-0.4, -0.2) is 46.7 Å². The lowest BCUT2D eigenvalue weighted by Crippen LogP contribution is -2.22. The maximum Gasteiger partial charge on any atom is 0.305 e. The van der Waals surface area contributed by atoms with Crippen molar-refractivity contribution in [2.75, 3.05) is 13.2 Å². The molecule has 0 aliphatic heterocycles. The molecule has 0 aromatic heterocycles. The Morgan fingerprint density at radius 2 is 1.37 bits per heavy atom. The molecule has 0 rings (SSSR count). The van der Waals surface area contributed by atoms with Crippen molar-refractivity contribution in [2.45, 2.75) is 64.1 Å². The zero-order valence-electron chi connectivity index (χ0n) is 18.1. The van der Waals surface area contributed by atoms with Gasteiger partial charge < -0.3 is 20.1 Å². The molecule has 0 bridgehead atoms. The number of ether oxygens (including phenoxy) is 1. The molecule has 0 heterocycles. The maximum absolute atomic E-state index is 11.4. The number of hydrogen-bond donors (Lipinski definition) is 3. The van der Waals surface area contributed by atoms with Gasteiger partial charge in [0, 0.05) is 6.42 Å². The Labute approximate surface area is 181 Å². The third-order valence-electron chi connectivity index (χ3n) is 3.86. The molecule has 30 heavy (non-hydrogen) atoms. The second kappa shape index (κ2) is 21.5. The molecule has 168 valence electrons. The van der Waals surface area contributed by atoms with Gasteiger partial charge in [-0.2, -0.15) is 0 Å². The van der Waals surface area contributed by atoms with Crippen molar-refractivity contribution in [1.82, 2.24) is 0 Å². The lowest BCUT2D eigenvalue weighted by atomic mass is 10.2. The second-order valence-electron chi connectivity index (χ2n) is 6.68. The second-order valence-corrected chi connectivity index (χ2v) is 6.68. The molecule has 3 N–H and O–H groups in total. The molecule has 0 fully saturated rings. The fourth-order valence-corrected chi connectivity index (χ4v) is 2.18. The molecule has 0 radical (unpaired) electrons. The van der Waals surface area contributed by atoms with E-state index in [1.165, 1.54) is 0 Å². The summed E-state index contributed by atoms with van der Waals surface area (Å²) in [6.07, 6.45) is 27.7. The van der Waals surface area contributed by atoms with Crippen LogP contribution in [0.15, 0.2) is 72.9 Å². The summed E-state index contributed by atoms with van der Waals surface area (Å²) in [5, 5.41) is 27.5. The van der Waals surface area contributed by atoms with Gasteiger partial charge in [-0.25, -0.2) is 0 Å². The number of rotatable bonds is 17. The highest BCUT2D eigenvalue weighted by Gasteiger charge is 2.09. The normalized spacial score (nSPS) is 14.9. The average molecular weight is 419 g/mol. The first-order valence-electron chi connectivity index (χ1n) is 10.7. The molecule has 0 aromatic rings. The lowest BCUT2D eigenvalue weighted by Gasteiger charge is -2.09. The van der Waals surface area contributed by atoms with Crippen LogP contribution in [0.4, 0.5) is 0 Å². The molecule has 0 spiro atoms. The van der Waals surface area contributed by atoms with Gasteiger partial charge in [-0.05, 0) is 38.5 Å². The predicted molar refractivity (Wildman–Crippen MR) is 123 cm³/mol. The van der Waals surface area contributed by atoms with Gasteiger partial charge in [0.1, 0.15) is 12.7 Å². The average Bonchev–Trinajstić information content (AvgIpc) is 2.75. The van der Waals surface area contributed by atoms with Crippen molar-refractivity contribution >= 4 is 5.97 Å². The Bertz CT molecular complexity index is 584. The summed E-state index contributed by atoms with van der Waals surface area (Å²) < 4.78 is 4.76. The largest absolute Gasteiger partial charge is 0.463 e. The van der Waals surface area contributed by atoms with Crippen molar-refractivity contribution in [3.05, 3.63) is 72.9 Å². The van der Waals surface area contributed by atoms with Gasteiger partial charge in [-0.15, -0.1) is 0 Å². The number of allylic oxidation sites excluding steroid dienone is 11. The molecule has 0 saturated heterocycles. The van der Waals surface area contributed by atoms with Gasteiger partial charge >= 0.3 is 5.97 Å². The standard InChI is InChI=1S/C25H38O5/c1-2-3-4-5-6-7-8-9-10-11-12-13-14-15-16-17-18-23(27)19-20-25(29)30-22-24(28)21-26/h3-4,6-7,9-10,12-13,15-18,23-24,26-28H,2,5,8,11,14,19-22H2,1H3/b4-3-,7-6-,10-9-,13-12-,16-15-,18-17-/t23?,24-/m0/s1. The van der Waals surface area contributed by atoms with Gasteiger partial charge in [-0.1, -0.05) is 79.8 Å².